The Bertz CT molecular complexity index is 949. The summed E-state index contributed by atoms with van der Waals surface area (Å²) in [7, 11) is 0. The highest BCUT2D eigenvalue weighted by molar-refractivity contribution is 5.92. The number of aliphatic hydroxyl groups excluding tert-OH is 1. The van der Waals surface area contributed by atoms with E-state index in [-0.39, 0.29) is 42.9 Å². The number of phenolic OH excluding ortho intramolecular Hbond substituents is 1. The van der Waals surface area contributed by atoms with Gasteiger partial charge in [0.25, 0.3) is 0 Å². The molecule has 0 radical (unpaired) electrons. The van der Waals surface area contributed by atoms with Crippen LogP contribution in [-0.4, -0.2) is 52.7 Å². The molecule has 2 rings (SSSR count). The van der Waals surface area contributed by atoms with E-state index < -0.39 is 24.0 Å². The van der Waals surface area contributed by atoms with E-state index in [1.807, 2.05) is 44.2 Å². The second-order valence-electron chi connectivity index (χ2n) is 8.79. The predicted octanol–water partition coefficient (Wildman–Crippen LogP) is 2.08. The fourth-order valence-corrected chi connectivity index (χ4v) is 3.68. The molecule has 3 amide bonds. The van der Waals surface area contributed by atoms with Crippen molar-refractivity contribution in [2.45, 2.75) is 64.6 Å². The fraction of sp³-hybridized carbons (Fsp3) is 0.444. The maximum atomic E-state index is 13.2. The Morgan fingerprint density at radius 2 is 1.46 bits per heavy atom. The van der Waals surface area contributed by atoms with Crippen molar-refractivity contribution in [3.8, 4) is 5.75 Å². The Labute approximate surface area is 207 Å². The molecule has 0 fully saturated rings. The van der Waals surface area contributed by atoms with Crippen LogP contribution in [0.4, 0.5) is 0 Å². The first-order chi connectivity index (χ1) is 16.8. The number of carbonyl (C=O) groups excluding carboxylic acids is 3. The molecular weight excluding hydrogens is 446 g/mol. The first-order valence-electron chi connectivity index (χ1n) is 12.1. The molecule has 5 N–H and O–H groups in total. The van der Waals surface area contributed by atoms with E-state index in [9.17, 15) is 24.6 Å². The van der Waals surface area contributed by atoms with Crippen LogP contribution in [0.2, 0.25) is 0 Å². The van der Waals surface area contributed by atoms with Gasteiger partial charge >= 0.3 is 0 Å². The van der Waals surface area contributed by atoms with Crippen molar-refractivity contribution in [3.63, 3.8) is 0 Å². The number of benzene rings is 2. The number of rotatable bonds is 13. The zero-order valence-corrected chi connectivity index (χ0v) is 20.7. The molecule has 8 nitrogen and oxygen atoms in total. The topological polar surface area (TPSA) is 128 Å². The van der Waals surface area contributed by atoms with E-state index in [2.05, 4.69) is 16.0 Å². The summed E-state index contributed by atoms with van der Waals surface area (Å²) in [6.07, 6.45) is 1.53. The second kappa shape index (κ2) is 14.1. The number of aromatic hydroxyl groups is 1. The molecule has 0 aromatic heterocycles. The average molecular weight is 484 g/mol. The summed E-state index contributed by atoms with van der Waals surface area (Å²) in [5.74, 6) is -1.20. The predicted molar refractivity (Wildman–Crippen MR) is 135 cm³/mol. The summed E-state index contributed by atoms with van der Waals surface area (Å²) >= 11 is 0. The molecule has 0 aliphatic rings. The van der Waals surface area contributed by atoms with Crippen molar-refractivity contribution in [3.05, 3.63) is 65.7 Å². The van der Waals surface area contributed by atoms with Crippen LogP contribution in [0.25, 0.3) is 0 Å². The van der Waals surface area contributed by atoms with Crippen LogP contribution in [0.3, 0.4) is 0 Å². The van der Waals surface area contributed by atoms with Gasteiger partial charge in [-0.15, -0.1) is 0 Å². The average Bonchev–Trinajstić information content (AvgIpc) is 2.87. The molecule has 0 unspecified atom stereocenters. The number of hydrogen-bond acceptors (Lipinski definition) is 5. The van der Waals surface area contributed by atoms with Crippen molar-refractivity contribution in [2.75, 3.05) is 6.61 Å². The van der Waals surface area contributed by atoms with Crippen LogP contribution >= 0.6 is 0 Å². The van der Waals surface area contributed by atoms with Gasteiger partial charge in [0.05, 0.1) is 12.6 Å². The minimum absolute atomic E-state index is 0.106. The third-order valence-corrected chi connectivity index (χ3v) is 6.03. The van der Waals surface area contributed by atoms with Gasteiger partial charge < -0.3 is 26.2 Å². The minimum Gasteiger partial charge on any atom is -0.508 e. The highest BCUT2D eigenvalue weighted by atomic mass is 16.3. The Balaban J connectivity index is 2.15. The van der Waals surface area contributed by atoms with Gasteiger partial charge in [-0.05, 0) is 35.6 Å². The molecule has 2 aromatic rings. The van der Waals surface area contributed by atoms with Gasteiger partial charge in [-0.25, -0.2) is 0 Å². The molecule has 35 heavy (non-hydrogen) atoms. The van der Waals surface area contributed by atoms with E-state index in [0.717, 1.165) is 11.1 Å². The van der Waals surface area contributed by atoms with Crippen LogP contribution in [0.5, 0.6) is 5.75 Å². The van der Waals surface area contributed by atoms with Gasteiger partial charge in [-0.2, -0.15) is 0 Å². The van der Waals surface area contributed by atoms with Gasteiger partial charge in [-0.3, -0.25) is 14.4 Å². The lowest BCUT2D eigenvalue weighted by Gasteiger charge is -2.28. The maximum Gasteiger partial charge on any atom is 0.243 e. The largest absolute Gasteiger partial charge is 0.508 e. The SMILES string of the molecule is CCC(=O)N[C@@H](Cc1ccc(O)cc1)C(=O)N[C@H](C(=O)N[C@H](CO)Cc1ccccc1)[C@@H](C)CC. The third-order valence-electron chi connectivity index (χ3n) is 6.03. The number of nitrogens with one attached hydrogen (secondary N) is 3. The number of hydrogen-bond donors (Lipinski definition) is 5. The van der Waals surface area contributed by atoms with Crippen molar-refractivity contribution < 1.29 is 24.6 Å². The maximum absolute atomic E-state index is 13.2. The lowest BCUT2D eigenvalue weighted by molar-refractivity contribution is -0.133. The standard InChI is InChI=1S/C27H37N3O5/c1-4-18(3)25(27(35)28-21(17-31)15-19-9-7-6-8-10-19)30-26(34)23(29-24(33)5-2)16-20-11-13-22(32)14-12-20/h6-14,18,21,23,25,31-32H,4-5,15-17H2,1-3H3,(H,28,35)(H,29,33)(H,30,34)/t18-,21-,23-,25-/m0/s1. The van der Waals surface area contributed by atoms with Gasteiger partial charge in [0.1, 0.15) is 17.8 Å². The summed E-state index contributed by atoms with van der Waals surface area (Å²) in [6.45, 7) is 5.26. The van der Waals surface area contributed by atoms with Gasteiger partial charge in [-0.1, -0.05) is 69.7 Å². The van der Waals surface area contributed by atoms with Crippen LogP contribution in [0.1, 0.15) is 44.7 Å². The highest BCUT2D eigenvalue weighted by Crippen LogP contribution is 2.14. The third kappa shape index (κ3) is 9.05. The van der Waals surface area contributed by atoms with Crippen LogP contribution in [-0.2, 0) is 27.2 Å². The molecule has 190 valence electrons. The summed E-state index contributed by atoms with van der Waals surface area (Å²) in [6, 6.07) is 13.7. The van der Waals surface area contributed by atoms with Gasteiger partial charge in [0.15, 0.2) is 0 Å². The molecule has 4 atom stereocenters. The van der Waals surface area contributed by atoms with Crippen LogP contribution in [0.15, 0.2) is 54.6 Å². The van der Waals surface area contributed by atoms with Gasteiger partial charge in [0, 0.05) is 12.8 Å². The van der Waals surface area contributed by atoms with Crippen molar-refractivity contribution in [1.82, 2.24) is 16.0 Å². The van der Waals surface area contributed by atoms with E-state index >= 15 is 0 Å². The van der Waals surface area contributed by atoms with Crippen LogP contribution in [0, 0.1) is 5.92 Å². The first kappa shape index (κ1) is 27.9. The first-order valence-corrected chi connectivity index (χ1v) is 12.1. The molecule has 0 saturated carbocycles. The number of amides is 3. The molecule has 0 heterocycles. The molecule has 0 spiro atoms. The Kier molecular flexibility index (Phi) is 11.2. The van der Waals surface area contributed by atoms with E-state index in [1.165, 1.54) is 12.1 Å². The second-order valence-corrected chi connectivity index (χ2v) is 8.79. The van der Waals surface area contributed by atoms with Crippen molar-refractivity contribution in [1.29, 1.82) is 0 Å². The Morgan fingerprint density at radius 3 is 2.03 bits per heavy atom. The number of phenols is 1. The molecule has 8 heteroatoms. The zero-order valence-electron chi connectivity index (χ0n) is 20.7. The fourth-order valence-electron chi connectivity index (χ4n) is 3.68. The molecule has 0 aliphatic heterocycles. The van der Waals surface area contributed by atoms with E-state index in [0.29, 0.717) is 12.8 Å². The number of carbonyl (C=O) groups is 3. The zero-order chi connectivity index (χ0) is 25.8. The molecular formula is C27H37N3O5. The van der Waals surface area contributed by atoms with E-state index in [4.69, 9.17) is 0 Å². The summed E-state index contributed by atoms with van der Waals surface area (Å²) in [5, 5.41) is 27.8. The Morgan fingerprint density at radius 1 is 0.829 bits per heavy atom. The molecule has 2 aromatic carbocycles. The molecule has 0 saturated heterocycles. The lowest BCUT2D eigenvalue weighted by atomic mass is 9.96. The summed E-state index contributed by atoms with van der Waals surface area (Å²) in [5.41, 5.74) is 1.74. The van der Waals surface area contributed by atoms with Crippen molar-refractivity contribution in [2.24, 2.45) is 5.92 Å². The smallest absolute Gasteiger partial charge is 0.243 e. The quantitative estimate of drug-likeness (QED) is 0.298. The number of aliphatic hydroxyl groups is 1. The van der Waals surface area contributed by atoms with Crippen molar-refractivity contribution >= 4 is 17.7 Å². The van der Waals surface area contributed by atoms with Crippen LogP contribution < -0.4 is 16.0 Å². The summed E-state index contributed by atoms with van der Waals surface area (Å²) < 4.78 is 0. The summed E-state index contributed by atoms with van der Waals surface area (Å²) in [4.78, 5) is 38.5. The highest BCUT2D eigenvalue weighted by Gasteiger charge is 2.31. The molecule has 0 bridgehead atoms. The normalized spacial score (nSPS) is 14.3. The van der Waals surface area contributed by atoms with E-state index in [1.54, 1.807) is 19.1 Å². The Hall–Kier alpha value is -3.39. The van der Waals surface area contributed by atoms with Gasteiger partial charge in [0.2, 0.25) is 17.7 Å². The lowest BCUT2D eigenvalue weighted by Crippen LogP contribution is -2.57. The molecule has 0 aliphatic carbocycles. The minimum atomic E-state index is -0.885. The monoisotopic (exact) mass is 483 g/mol.